The number of aromatic nitrogens is 1. The zero-order valence-electron chi connectivity index (χ0n) is 12.1. The molecular formula is C16H18N2O2. The highest BCUT2D eigenvalue weighted by atomic mass is 16.4. The van der Waals surface area contributed by atoms with E-state index in [0.717, 1.165) is 22.5 Å². The molecule has 20 heavy (non-hydrogen) atoms. The van der Waals surface area contributed by atoms with Crippen molar-refractivity contribution in [3.8, 4) is 0 Å². The second kappa shape index (κ2) is 5.33. The fraction of sp³-hybridized carbons (Fsp3) is 0.250. The van der Waals surface area contributed by atoms with E-state index in [1.807, 2.05) is 20.2 Å². The van der Waals surface area contributed by atoms with E-state index in [2.05, 4.69) is 29.5 Å². The number of carbonyl (C=O) groups is 1. The Hall–Kier alpha value is -2.36. The second-order valence-corrected chi connectivity index (χ2v) is 4.95. The molecule has 0 aliphatic rings. The largest absolute Gasteiger partial charge is 0.478 e. The zero-order chi connectivity index (χ0) is 14.9. The maximum Gasteiger partial charge on any atom is 0.335 e. The molecule has 0 amide bonds. The molecule has 1 heterocycles. The molecule has 4 heteroatoms. The third kappa shape index (κ3) is 2.64. The molecule has 0 atom stereocenters. The van der Waals surface area contributed by atoms with Crippen LogP contribution in [0.5, 0.6) is 0 Å². The molecule has 2 aromatic rings. The molecule has 0 aliphatic carbocycles. The van der Waals surface area contributed by atoms with Crippen molar-refractivity contribution in [2.45, 2.75) is 20.8 Å². The summed E-state index contributed by atoms with van der Waals surface area (Å²) in [4.78, 5) is 15.3. The number of rotatable bonds is 3. The van der Waals surface area contributed by atoms with E-state index in [-0.39, 0.29) is 5.56 Å². The van der Waals surface area contributed by atoms with Gasteiger partial charge in [0.2, 0.25) is 0 Å². The minimum absolute atomic E-state index is 0.285. The van der Waals surface area contributed by atoms with Crippen LogP contribution < -0.4 is 0 Å². The summed E-state index contributed by atoms with van der Waals surface area (Å²) in [6.45, 7) is 5.97. The number of benzene rings is 1. The van der Waals surface area contributed by atoms with Gasteiger partial charge in [0, 0.05) is 30.2 Å². The van der Waals surface area contributed by atoms with Crippen molar-refractivity contribution in [2.24, 2.45) is 12.0 Å². The van der Waals surface area contributed by atoms with Crippen molar-refractivity contribution in [3.05, 3.63) is 52.3 Å². The van der Waals surface area contributed by atoms with Crippen LogP contribution in [0.25, 0.3) is 0 Å². The smallest absolute Gasteiger partial charge is 0.335 e. The lowest BCUT2D eigenvalue weighted by molar-refractivity contribution is 0.0697. The first-order chi connectivity index (χ1) is 9.40. The first-order valence-electron chi connectivity index (χ1n) is 6.41. The van der Waals surface area contributed by atoms with Crippen molar-refractivity contribution < 1.29 is 9.90 Å². The lowest BCUT2D eigenvalue weighted by atomic mass is 10.1. The Balaban J connectivity index is 2.32. The van der Waals surface area contributed by atoms with E-state index < -0.39 is 5.97 Å². The Kier molecular flexibility index (Phi) is 3.74. The van der Waals surface area contributed by atoms with Crippen molar-refractivity contribution in [3.63, 3.8) is 0 Å². The van der Waals surface area contributed by atoms with Crippen LogP contribution >= 0.6 is 0 Å². The van der Waals surface area contributed by atoms with Crippen LogP contribution in [-0.4, -0.2) is 21.9 Å². The van der Waals surface area contributed by atoms with Crippen molar-refractivity contribution in [1.82, 2.24) is 4.57 Å². The number of hydrogen-bond donors (Lipinski definition) is 1. The van der Waals surface area contributed by atoms with E-state index >= 15 is 0 Å². The standard InChI is InChI=1S/C16H18N2O2/c1-10-7-13(16(19)20)5-6-15(10)17-9-14-8-11(2)18(4)12(14)3/h5-9H,1-4H3,(H,19,20). The zero-order valence-corrected chi connectivity index (χ0v) is 12.1. The summed E-state index contributed by atoms with van der Waals surface area (Å²) in [5.74, 6) is -0.918. The van der Waals surface area contributed by atoms with E-state index in [1.165, 1.54) is 5.69 Å². The Labute approximate surface area is 118 Å². The summed E-state index contributed by atoms with van der Waals surface area (Å²) in [6, 6.07) is 7.03. The molecule has 0 saturated carbocycles. The van der Waals surface area contributed by atoms with E-state index in [1.54, 1.807) is 18.2 Å². The van der Waals surface area contributed by atoms with Gasteiger partial charge in [0.1, 0.15) is 0 Å². The molecule has 0 unspecified atom stereocenters. The van der Waals surface area contributed by atoms with Gasteiger partial charge in [-0.25, -0.2) is 4.79 Å². The van der Waals surface area contributed by atoms with Gasteiger partial charge >= 0.3 is 5.97 Å². The molecule has 1 aromatic heterocycles. The highest BCUT2D eigenvalue weighted by molar-refractivity contribution is 5.89. The third-order valence-corrected chi connectivity index (χ3v) is 3.60. The summed E-state index contributed by atoms with van der Waals surface area (Å²) < 4.78 is 2.11. The average molecular weight is 270 g/mol. The van der Waals surface area contributed by atoms with Crippen LogP contribution in [0.1, 0.15) is 32.9 Å². The molecule has 4 nitrogen and oxygen atoms in total. The van der Waals surface area contributed by atoms with Crippen molar-refractivity contribution in [1.29, 1.82) is 0 Å². The topological polar surface area (TPSA) is 54.6 Å². The Morgan fingerprint density at radius 2 is 1.95 bits per heavy atom. The van der Waals surface area contributed by atoms with Crippen LogP contribution in [0, 0.1) is 20.8 Å². The SMILES string of the molecule is Cc1cc(C(=O)O)ccc1N=Cc1cc(C)n(C)c1C. The lowest BCUT2D eigenvalue weighted by Crippen LogP contribution is -1.96. The fourth-order valence-electron chi connectivity index (χ4n) is 2.09. The summed E-state index contributed by atoms with van der Waals surface area (Å²) in [7, 11) is 2.02. The molecule has 104 valence electrons. The van der Waals surface area contributed by atoms with Crippen LogP contribution in [0.2, 0.25) is 0 Å². The fourth-order valence-corrected chi connectivity index (χ4v) is 2.09. The van der Waals surface area contributed by atoms with Crippen LogP contribution in [0.4, 0.5) is 5.69 Å². The maximum absolute atomic E-state index is 10.9. The van der Waals surface area contributed by atoms with Crippen molar-refractivity contribution >= 4 is 17.9 Å². The molecule has 1 aromatic carbocycles. The molecule has 0 spiro atoms. The molecule has 0 fully saturated rings. The molecular weight excluding hydrogens is 252 g/mol. The summed E-state index contributed by atoms with van der Waals surface area (Å²) in [6.07, 6.45) is 1.82. The van der Waals surface area contributed by atoms with Crippen LogP contribution in [0.3, 0.4) is 0 Å². The van der Waals surface area contributed by atoms with Crippen molar-refractivity contribution in [2.75, 3.05) is 0 Å². The highest BCUT2D eigenvalue weighted by Crippen LogP contribution is 2.20. The van der Waals surface area contributed by atoms with Gasteiger partial charge in [-0.15, -0.1) is 0 Å². The number of carboxylic acids is 1. The molecule has 0 saturated heterocycles. The summed E-state index contributed by atoms with van der Waals surface area (Å²) in [5, 5.41) is 8.94. The first kappa shape index (κ1) is 14.1. The summed E-state index contributed by atoms with van der Waals surface area (Å²) >= 11 is 0. The molecule has 1 N–H and O–H groups in total. The maximum atomic E-state index is 10.9. The van der Waals surface area contributed by atoms with Gasteiger partial charge in [0.05, 0.1) is 11.3 Å². The van der Waals surface area contributed by atoms with Gasteiger partial charge in [-0.05, 0) is 50.6 Å². The number of aryl methyl sites for hydroxylation is 2. The van der Waals surface area contributed by atoms with Gasteiger partial charge in [-0.2, -0.15) is 0 Å². The number of aromatic carboxylic acids is 1. The minimum atomic E-state index is -0.918. The predicted octanol–water partition coefficient (Wildman–Crippen LogP) is 3.40. The van der Waals surface area contributed by atoms with E-state index in [4.69, 9.17) is 5.11 Å². The van der Waals surface area contributed by atoms with Gasteiger partial charge in [-0.1, -0.05) is 0 Å². The third-order valence-electron chi connectivity index (χ3n) is 3.60. The van der Waals surface area contributed by atoms with Gasteiger partial charge in [0.15, 0.2) is 0 Å². The Morgan fingerprint density at radius 3 is 2.45 bits per heavy atom. The normalized spacial score (nSPS) is 11.2. The second-order valence-electron chi connectivity index (χ2n) is 4.95. The number of nitrogens with zero attached hydrogens (tertiary/aromatic N) is 2. The van der Waals surface area contributed by atoms with Crippen LogP contribution in [0.15, 0.2) is 29.3 Å². The minimum Gasteiger partial charge on any atom is -0.478 e. The first-order valence-corrected chi connectivity index (χ1v) is 6.41. The number of hydrogen-bond acceptors (Lipinski definition) is 2. The molecule has 0 bridgehead atoms. The average Bonchev–Trinajstić information content (AvgIpc) is 2.64. The van der Waals surface area contributed by atoms with E-state index in [9.17, 15) is 4.79 Å². The quantitative estimate of drug-likeness (QED) is 0.869. The van der Waals surface area contributed by atoms with Gasteiger partial charge in [-0.3, -0.25) is 4.99 Å². The molecule has 0 aliphatic heterocycles. The molecule has 0 radical (unpaired) electrons. The Bertz CT molecular complexity index is 697. The summed E-state index contributed by atoms with van der Waals surface area (Å²) in [5.41, 5.74) is 5.34. The monoisotopic (exact) mass is 270 g/mol. The molecule has 2 rings (SSSR count). The number of carboxylic acid groups (broad SMARTS) is 1. The number of aliphatic imine (C=N–C) groups is 1. The Morgan fingerprint density at radius 1 is 1.25 bits per heavy atom. The predicted molar refractivity (Wildman–Crippen MR) is 80.3 cm³/mol. The lowest BCUT2D eigenvalue weighted by Gasteiger charge is -2.02. The van der Waals surface area contributed by atoms with E-state index in [0.29, 0.717) is 0 Å². The van der Waals surface area contributed by atoms with Gasteiger partial charge < -0.3 is 9.67 Å². The van der Waals surface area contributed by atoms with Crippen LogP contribution in [-0.2, 0) is 7.05 Å². The van der Waals surface area contributed by atoms with Gasteiger partial charge in [0.25, 0.3) is 0 Å². The highest BCUT2D eigenvalue weighted by Gasteiger charge is 2.06.